The SMILES string of the molecule is CC(=O)c1ccc(C(=O)O[C@H]2CN3C(=N)N[C@@H](CO)[C@@H]4NC(=N)N[C@@]43C2(O)O)cc1. The highest BCUT2D eigenvalue weighted by molar-refractivity contribution is 5.96. The lowest BCUT2D eigenvalue weighted by molar-refractivity contribution is -0.258. The molecule has 1 spiro atoms. The monoisotopic (exact) mass is 418 g/mol. The minimum Gasteiger partial charge on any atom is -0.451 e. The molecule has 12 heteroatoms. The number of esters is 1. The first-order chi connectivity index (χ1) is 14.1. The third kappa shape index (κ3) is 2.65. The molecule has 4 rings (SSSR count). The first kappa shape index (κ1) is 20.1. The molecule has 0 unspecified atom stereocenters. The van der Waals surface area contributed by atoms with Crippen LogP contribution in [-0.2, 0) is 4.74 Å². The van der Waals surface area contributed by atoms with Gasteiger partial charge in [-0.1, -0.05) is 12.1 Å². The Hall–Kier alpha value is -3.22. The predicted molar refractivity (Wildman–Crippen MR) is 102 cm³/mol. The number of ether oxygens (including phenoxy) is 1. The van der Waals surface area contributed by atoms with E-state index >= 15 is 0 Å². The van der Waals surface area contributed by atoms with Crippen LogP contribution in [0.2, 0.25) is 0 Å². The summed E-state index contributed by atoms with van der Waals surface area (Å²) in [6.07, 6.45) is -1.47. The highest BCUT2D eigenvalue weighted by atomic mass is 16.6. The van der Waals surface area contributed by atoms with Gasteiger partial charge in [0.1, 0.15) is 0 Å². The zero-order chi connectivity index (χ0) is 21.8. The molecule has 8 N–H and O–H groups in total. The Morgan fingerprint density at radius 2 is 1.83 bits per heavy atom. The van der Waals surface area contributed by atoms with Crippen molar-refractivity contribution in [3.05, 3.63) is 35.4 Å². The molecular weight excluding hydrogens is 396 g/mol. The van der Waals surface area contributed by atoms with Crippen LogP contribution in [0.15, 0.2) is 24.3 Å². The number of Topliss-reactive ketones (excluding diaryl/α,β-unsaturated/α-hetero) is 1. The second-order valence-electron chi connectivity index (χ2n) is 7.53. The molecule has 30 heavy (non-hydrogen) atoms. The van der Waals surface area contributed by atoms with E-state index in [1.807, 2.05) is 0 Å². The van der Waals surface area contributed by atoms with Gasteiger partial charge >= 0.3 is 5.97 Å². The minimum atomic E-state index is -2.70. The van der Waals surface area contributed by atoms with Crippen molar-refractivity contribution >= 4 is 23.7 Å². The van der Waals surface area contributed by atoms with Crippen molar-refractivity contribution in [3.63, 3.8) is 0 Å². The van der Waals surface area contributed by atoms with Crippen molar-refractivity contribution in [2.45, 2.75) is 36.6 Å². The third-order valence-corrected chi connectivity index (χ3v) is 5.82. The van der Waals surface area contributed by atoms with Gasteiger partial charge in [-0.25, -0.2) is 4.79 Å². The van der Waals surface area contributed by atoms with Crippen molar-refractivity contribution in [2.75, 3.05) is 13.2 Å². The van der Waals surface area contributed by atoms with E-state index in [9.17, 15) is 24.9 Å². The highest BCUT2D eigenvalue weighted by Crippen LogP contribution is 2.44. The topological polar surface area (TPSA) is 191 Å². The van der Waals surface area contributed by atoms with Gasteiger partial charge in [-0.05, 0) is 19.1 Å². The van der Waals surface area contributed by atoms with Gasteiger partial charge in [0.2, 0.25) is 5.79 Å². The molecule has 1 aromatic carbocycles. The maximum absolute atomic E-state index is 12.6. The maximum atomic E-state index is 12.6. The standard InChI is InChI=1S/C18H22N6O6/c1-8(26)9-2-4-10(5-3-9)14(27)30-12-6-24-16(20)21-11(7-25)13-17(24,18(12,28)29)23-15(19)22-13/h2-5,11-13,25,28-29H,6-7H2,1H3,(H2,20,21)(H3,19,22,23)/t11-,12-,13-,17-/m0/s1. The Kier molecular flexibility index (Phi) is 4.45. The van der Waals surface area contributed by atoms with Crippen molar-refractivity contribution < 1.29 is 29.6 Å². The van der Waals surface area contributed by atoms with Crippen molar-refractivity contribution in [1.29, 1.82) is 10.8 Å². The largest absolute Gasteiger partial charge is 0.451 e. The lowest BCUT2D eigenvalue weighted by Gasteiger charge is -2.50. The summed E-state index contributed by atoms with van der Waals surface area (Å²) in [4.78, 5) is 25.2. The Morgan fingerprint density at radius 3 is 2.43 bits per heavy atom. The Morgan fingerprint density at radius 1 is 1.20 bits per heavy atom. The molecule has 0 bridgehead atoms. The van der Waals surface area contributed by atoms with Gasteiger partial charge in [0.05, 0.1) is 30.8 Å². The molecule has 4 atom stereocenters. The first-order valence-electron chi connectivity index (χ1n) is 9.25. The second kappa shape index (κ2) is 6.65. The number of benzene rings is 1. The summed E-state index contributed by atoms with van der Waals surface area (Å²) in [5.41, 5.74) is -1.27. The van der Waals surface area contributed by atoms with Crippen LogP contribution in [0.1, 0.15) is 27.6 Å². The number of carbonyl (C=O) groups excluding carboxylic acids is 2. The molecule has 3 fully saturated rings. The number of guanidine groups is 2. The molecule has 3 aliphatic rings. The molecule has 160 valence electrons. The van der Waals surface area contributed by atoms with E-state index in [1.54, 1.807) is 0 Å². The summed E-state index contributed by atoms with van der Waals surface area (Å²) in [5, 5.41) is 56.0. The molecule has 12 nitrogen and oxygen atoms in total. The van der Waals surface area contributed by atoms with Crippen LogP contribution in [-0.4, -0.2) is 86.7 Å². The number of rotatable bonds is 4. The van der Waals surface area contributed by atoms with Crippen LogP contribution in [0.25, 0.3) is 0 Å². The molecule has 0 saturated carbocycles. The summed E-state index contributed by atoms with van der Waals surface area (Å²) in [7, 11) is 0. The van der Waals surface area contributed by atoms with Gasteiger partial charge in [0.15, 0.2) is 29.5 Å². The molecule has 1 aromatic rings. The van der Waals surface area contributed by atoms with E-state index in [0.717, 1.165) is 0 Å². The van der Waals surface area contributed by atoms with E-state index in [4.69, 9.17) is 15.6 Å². The summed E-state index contributed by atoms with van der Waals surface area (Å²) in [6, 6.07) is 4.02. The fraction of sp³-hybridized carbons (Fsp3) is 0.444. The van der Waals surface area contributed by atoms with Crippen molar-refractivity contribution in [3.8, 4) is 0 Å². The minimum absolute atomic E-state index is 0.112. The number of hydrogen-bond donors (Lipinski definition) is 8. The quantitative estimate of drug-likeness (QED) is 0.147. The molecule has 0 aliphatic carbocycles. The molecule has 0 radical (unpaired) electrons. The van der Waals surface area contributed by atoms with Crippen LogP contribution in [0.3, 0.4) is 0 Å². The summed E-state index contributed by atoms with van der Waals surface area (Å²) in [5.74, 6) is -4.14. The molecule has 3 heterocycles. The smallest absolute Gasteiger partial charge is 0.338 e. The van der Waals surface area contributed by atoms with Gasteiger partial charge in [-0.2, -0.15) is 0 Å². The summed E-state index contributed by atoms with van der Waals surface area (Å²) < 4.78 is 5.37. The Bertz CT molecular complexity index is 934. The lowest BCUT2D eigenvalue weighted by Crippen LogP contribution is -2.80. The molecule has 0 aromatic heterocycles. The fourth-order valence-electron chi connectivity index (χ4n) is 4.31. The zero-order valence-electron chi connectivity index (χ0n) is 16.0. The fourth-order valence-corrected chi connectivity index (χ4v) is 4.31. The number of nitrogens with zero attached hydrogens (tertiary/aromatic N) is 1. The predicted octanol–water partition coefficient (Wildman–Crippen LogP) is -2.50. The van der Waals surface area contributed by atoms with Crippen LogP contribution in [0, 0.1) is 10.8 Å². The van der Waals surface area contributed by atoms with E-state index in [2.05, 4.69) is 16.0 Å². The van der Waals surface area contributed by atoms with E-state index in [0.29, 0.717) is 5.56 Å². The van der Waals surface area contributed by atoms with Crippen LogP contribution < -0.4 is 16.0 Å². The van der Waals surface area contributed by atoms with E-state index < -0.39 is 42.2 Å². The summed E-state index contributed by atoms with van der Waals surface area (Å²) in [6.45, 7) is 0.715. The third-order valence-electron chi connectivity index (χ3n) is 5.82. The van der Waals surface area contributed by atoms with Crippen LogP contribution in [0.4, 0.5) is 0 Å². The molecule has 0 amide bonds. The van der Waals surface area contributed by atoms with Gasteiger partial charge in [0.25, 0.3) is 0 Å². The van der Waals surface area contributed by atoms with E-state index in [-0.39, 0.29) is 29.8 Å². The van der Waals surface area contributed by atoms with Crippen molar-refractivity contribution in [2.24, 2.45) is 0 Å². The Labute approximate surface area is 170 Å². The number of carbonyl (C=O) groups is 2. The highest BCUT2D eigenvalue weighted by Gasteiger charge is 2.75. The van der Waals surface area contributed by atoms with E-state index in [1.165, 1.54) is 36.1 Å². The number of aliphatic hydroxyl groups excluding tert-OH is 1. The number of aliphatic hydroxyl groups is 3. The molecular formula is C18H22N6O6. The zero-order valence-corrected chi connectivity index (χ0v) is 16.0. The van der Waals surface area contributed by atoms with Gasteiger partial charge < -0.3 is 40.9 Å². The molecule has 3 saturated heterocycles. The second-order valence-corrected chi connectivity index (χ2v) is 7.53. The van der Waals surface area contributed by atoms with Crippen LogP contribution >= 0.6 is 0 Å². The van der Waals surface area contributed by atoms with Crippen LogP contribution in [0.5, 0.6) is 0 Å². The number of hydrogen-bond acceptors (Lipinski definition) is 8. The molecule has 3 aliphatic heterocycles. The maximum Gasteiger partial charge on any atom is 0.338 e. The van der Waals surface area contributed by atoms with Gasteiger partial charge in [-0.15, -0.1) is 0 Å². The average molecular weight is 418 g/mol. The van der Waals surface area contributed by atoms with Gasteiger partial charge in [0, 0.05) is 5.56 Å². The normalized spacial score (nSPS) is 31.2. The average Bonchev–Trinajstić information content (AvgIpc) is 3.16. The summed E-state index contributed by atoms with van der Waals surface area (Å²) >= 11 is 0. The first-order valence-corrected chi connectivity index (χ1v) is 9.25. The lowest BCUT2D eigenvalue weighted by atomic mass is 9.85. The number of ketones is 1. The number of nitrogens with one attached hydrogen (secondary N) is 5. The van der Waals surface area contributed by atoms with Gasteiger partial charge in [-0.3, -0.25) is 15.6 Å². The Balaban J connectivity index is 1.63. The van der Waals surface area contributed by atoms with Crippen molar-refractivity contribution in [1.82, 2.24) is 20.9 Å².